The minimum Gasteiger partial charge on any atom is -0.373 e. The van der Waals surface area contributed by atoms with E-state index in [-0.39, 0.29) is 5.69 Å². The van der Waals surface area contributed by atoms with Gasteiger partial charge in [-0.2, -0.15) is 9.67 Å². The van der Waals surface area contributed by atoms with Crippen LogP contribution in [0.15, 0.2) is 24.4 Å². The second-order valence-corrected chi connectivity index (χ2v) is 5.50. The Morgan fingerprint density at radius 3 is 2.68 bits per heavy atom. The first-order chi connectivity index (χ1) is 12.0. The van der Waals surface area contributed by atoms with Crippen LogP contribution in [0.2, 0.25) is 0 Å². The summed E-state index contributed by atoms with van der Waals surface area (Å²) in [5.74, 6) is 1.13. The van der Waals surface area contributed by atoms with Crippen molar-refractivity contribution in [2.75, 3.05) is 36.7 Å². The summed E-state index contributed by atoms with van der Waals surface area (Å²) in [6.45, 7) is 1.70. The Labute approximate surface area is 143 Å². The topological polar surface area (TPSA) is 96.7 Å². The van der Waals surface area contributed by atoms with Crippen molar-refractivity contribution in [1.82, 2.24) is 30.2 Å². The summed E-state index contributed by atoms with van der Waals surface area (Å²) < 4.78 is 15.5. The molecule has 0 unspecified atom stereocenters. The Morgan fingerprint density at radius 1 is 1.24 bits per heavy atom. The predicted molar refractivity (Wildman–Crippen MR) is 93.0 cm³/mol. The number of aromatic nitrogens is 6. The average Bonchev–Trinajstić information content (AvgIpc) is 3.02. The van der Waals surface area contributed by atoms with E-state index in [1.165, 1.54) is 10.7 Å². The lowest BCUT2D eigenvalue weighted by molar-refractivity contribution is 0.605. The van der Waals surface area contributed by atoms with Crippen LogP contribution in [0, 0.1) is 12.7 Å². The number of nitrogens with zero attached hydrogens (tertiary/aromatic N) is 7. The third kappa shape index (κ3) is 3.32. The molecule has 3 rings (SSSR count). The monoisotopic (exact) mass is 343 g/mol. The molecule has 0 bridgehead atoms. The summed E-state index contributed by atoms with van der Waals surface area (Å²) >= 11 is 0. The van der Waals surface area contributed by atoms with Gasteiger partial charge in [-0.3, -0.25) is 0 Å². The van der Waals surface area contributed by atoms with Crippen molar-refractivity contribution in [3.63, 3.8) is 0 Å². The molecule has 0 atom stereocenters. The van der Waals surface area contributed by atoms with Crippen molar-refractivity contribution in [2.24, 2.45) is 0 Å². The fourth-order valence-electron chi connectivity index (χ4n) is 2.28. The number of benzene rings is 1. The van der Waals surface area contributed by atoms with Crippen molar-refractivity contribution < 1.29 is 4.39 Å². The van der Waals surface area contributed by atoms with Gasteiger partial charge in [-0.25, -0.2) is 9.37 Å². The number of hydrogen-bond acceptors (Lipinski definition) is 8. The van der Waals surface area contributed by atoms with E-state index in [1.807, 2.05) is 19.0 Å². The molecule has 0 spiro atoms. The van der Waals surface area contributed by atoms with Crippen LogP contribution in [0.5, 0.6) is 0 Å². The maximum atomic E-state index is 14.1. The smallest absolute Gasteiger partial charge is 0.229 e. The van der Waals surface area contributed by atoms with Gasteiger partial charge >= 0.3 is 0 Å². The van der Waals surface area contributed by atoms with Gasteiger partial charge in [-0.05, 0) is 35.5 Å². The van der Waals surface area contributed by atoms with Crippen LogP contribution in [-0.2, 0) is 0 Å². The molecule has 10 heteroatoms. The van der Waals surface area contributed by atoms with E-state index in [4.69, 9.17) is 0 Å². The Kier molecular flexibility index (Phi) is 4.42. The van der Waals surface area contributed by atoms with Crippen molar-refractivity contribution in [3.05, 3.63) is 36.0 Å². The van der Waals surface area contributed by atoms with Gasteiger partial charge in [0.2, 0.25) is 5.95 Å². The number of aryl methyl sites for hydroxylation is 1. The first kappa shape index (κ1) is 16.6. The second-order valence-electron chi connectivity index (χ2n) is 5.50. The lowest BCUT2D eigenvalue weighted by atomic mass is 10.2. The fraction of sp³-hybridized carbons (Fsp3) is 0.267. The molecule has 0 saturated carbocycles. The molecule has 0 saturated heterocycles. The third-order valence-corrected chi connectivity index (χ3v) is 3.54. The highest BCUT2D eigenvalue weighted by Gasteiger charge is 2.12. The van der Waals surface area contributed by atoms with Crippen molar-refractivity contribution in [2.45, 2.75) is 6.92 Å². The van der Waals surface area contributed by atoms with Crippen molar-refractivity contribution >= 4 is 23.1 Å². The summed E-state index contributed by atoms with van der Waals surface area (Å²) in [6, 6.07) is 4.54. The van der Waals surface area contributed by atoms with E-state index in [1.54, 1.807) is 32.3 Å². The van der Waals surface area contributed by atoms with Crippen LogP contribution in [0.1, 0.15) is 5.82 Å². The molecule has 3 aromatic rings. The van der Waals surface area contributed by atoms with Crippen molar-refractivity contribution in [3.8, 4) is 5.69 Å². The van der Waals surface area contributed by atoms with E-state index in [9.17, 15) is 4.39 Å². The molecule has 0 radical (unpaired) electrons. The van der Waals surface area contributed by atoms with Gasteiger partial charge in [-0.1, -0.05) is 0 Å². The van der Waals surface area contributed by atoms with Crippen LogP contribution in [0.4, 0.5) is 27.5 Å². The van der Waals surface area contributed by atoms with Gasteiger partial charge in [-0.15, -0.1) is 5.10 Å². The van der Waals surface area contributed by atoms with Crippen LogP contribution >= 0.6 is 0 Å². The van der Waals surface area contributed by atoms with Crippen LogP contribution < -0.4 is 15.5 Å². The maximum Gasteiger partial charge on any atom is 0.229 e. The molecule has 130 valence electrons. The molecule has 9 nitrogen and oxygen atoms in total. The third-order valence-electron chi connectivity index (χ3n) is 3.54. The molecular formula is C15H18FN9. The number of tetrazole rings is 1. The molecule has 0 amide bonds. The average molecular weight is 343 g/mol. The quantitative estimate of drug-likeness (QED) is 0.723. The Bertz CT molecular complexity index is 890. The molecule has 0 aliphatic rings. The van der Waals surface area contributed by atoms with Crippen LogP contribution in [0.25, 0.3) is 5.69 Å². The zero-order valence-electron chi connectivity index (χ0n) is 14.3. The van der Waals surface area contributed by atoms with Crippen molar-refractivity contribution in [1.29, 1.82) is 0 Å². The molecule has 0 aliphatic carbocycles. The number of halogens is 1. The molecule has 25 heavy (non-hydrogen) atoms. The fourth-order valence-corrected chi connectivity index (χ4v) is 2.28. The van der Waals surface area contributed by atoms with E-state index >= 15 is 0 Å². The SMILES string of the molecule is CNc1nc(Nc2ccc(F)c(-n3nnnc3C)c2)ncc1N(C)C. The van der Waals surface area contributed by atoms with Crippen LogP contribution in [0.3, 0.4) is 0 Å². The molecule has 0 aliphatic heterocycles. The summed E-state index contributed by atoms with van der Waals surface area (Å²) in [5, 5.41) is 17.2. The highest BCUT2D eigenvalue weighted by atomic mass is 19.1. The summed E-state index contributed by atoms with van der Waals surface area (Å²) in [5.41, 5.74) is 1.72. The second kappa shape index (κ2) is 6.67. The first-order valence-electron chi connectivity index (χ1n) is 7.53. The summed E-state index contributed by atoms with van der Waals surface area (Å²) in [4.78, 5) is 10.6. The number of hydrogen-bond donors (Lipinski definition) is 2. The van der Waals surface area contributed by atoms with E-state index in [2.05, 4.69) is 36.1 Å². The Balaban J connectivity index is 1.93. The minimum absolute atomic E-state index is 0.242. The minimum atomic E-state index is -0.430. The summed E-state index contributed by atoms with van der Waals surface area (Å²) in [7, 11) is 5.61. The number of nitrogens with one attached hydrogen (secondary N) is 2. The summed E-state index contributed by atoms with van der Waals surface area (Å²) in [6.07, 6.45) is 1.71. The molecule has 0 fully saturated rings. The Hall–Kier alpha value is -3.30. The highest BCUT2D eigenvalue weighted by Crippen LogP contribution is 2.24. The van der Waals surface area contributed by atoms with Gasteiger partial charge in [0.1, 0.15) is 11.5 Å². The zero-order chi connectivity index (χ0) is 18.0. The molecule has 2 heterocycles. The number of anilines is 4. The van der Waals surface area contributed by atoms with Gasteiger partial charge < -0.3 is 15.5 Å². The van der Waals surface area contributed by atoms with Gasteiger partial charge in [0.05, 0.1) is 11.9 Å². The molecular weight excluding hydrogens is 325 g/mol. The van der Waals surface area contributed by atoms with E-state index in [0.717, 1.165) is 5.69 Å². The first-order valence-corrected chi connectivity index (χ1v) is 7.53. The normalized spacial score (nSPS) is 10.6. The molecule has 2 N–H and O–H groups in total. The largest absolute Gasteiger partial charge is 0.373 e. The molecule has 1 aromatic carbocycles. The van der Waals surface area contributed by atoms with E-state index in [0.29, 0.717) is 23.3 Å². The standard InChI is InChI=1S/C15H18FN9/c1-9-21-22-23-25(9)12-7-10(5-6-11(12)16)19-15-18-8-13(24(3)4)14(17-2)20-15/h5-8H,1-4H3,(H2,17,18,19,20). The van der Waals surface area contributed by atoms with Gasteiger partial charge in [0.15, 0.2) is 11.6 Å². The number of rotatable bonds is 5. The van der Waals surface area contributed by atoms with Crippen LogP contribution in [-0.4, -0.2) is 51.3 Å². The van der Waals surface area contributed by atoms with Gasteiger partial charge in [0.25, 0.3) is 0 Å². The lowest BCUT2D eigenvalue weighted by Gasteiger charge is -2.16. The highest BCUT2D eigenvalue weighted by molar-refractivity contribution is 5.67. The van der Waals surface area contributed by atoms with Gasteiger partial charge in [0, 0.05) is 26.8 Å². The maximum absolute atomic E-state index is 14.1. The zero-order valence-corrected chi connectivity index (χ0v) is 14.3. The molecule has 2 aromatic heterocycles. The lowest BCUT2D eigenvalue weighted by Crippen LogP contribution is -2.13. The Morgan fingerprint density at radius 2 is 2.04 bits per heavy atom. The predicted octanol–water partition coefficient (Wildman–Crippen LogP) is 1.75. The van der Waals surface area contributed by atoms with E-state index < -0.39 is 5.82 Å².